The molecule has 6 aromatic rings. The Kier molecular flexibility index (Phi) is 13.0. The number of rotatable bonds is 6. The molecular formula is C40H34BrCl5N8O2. The number of amides is 2. The zero-order chi connectivity index (χ0) is 39.3. The van der Waals surface area contributed by atoms with Gasteiger partial charge in [-0.3, -0.25) is 9.59 Å². The van der Waals surface area contributed by atoms with Gasteiger partial charge >= 0.3 is 0 Å². The van der Waals surface area contributed by atoms with Crippen molar-refractivity contribution in [2.45, 2.75) is 37.8 Å². The normalized spacial score (nSPS) is 15.0. The fourth-order valence-electron chi connectivity index (χ4n) is 6.91. The molecule has 2 saturated heterocycles. The first-order valence-electron chi connectivity index (χ1n) is 17.9. The van der Waals surface area contributed by atoms with Crippen molar-refractivity contribution in [1.82, 2.24) is 30.6 Å². The molecule has 56 heavy (non-hydrogen) atoms. The van der Waals surface area contributed by atoms with Crippen molar-refractivity contribution in [3.8, 4) is 0 Å². The average molecular weight is 916 g/mol. The molecule has 2 N–H and O–H groups in total. The van der Waals surface area contributed by atoms with E-state index in [9.17, 15) is 9.59 Å². The van der Waals surface area contributed by atoms with E-state index in [-0.39, 0.29) is 33.9 Å². The summed E-state index contributed by atoms with van der Waals surface area (Å²) < 4.78 is 0.991. The molecule has 0 aliphatic carbocycles. The standard InChI is InChI=1S/C20H17BrCl2N4O.C20H17Cl3N4O/c21-12-4-5-14-17(10-12)24-11-25-19(14)27-8-6-13(7-9-27)26-20(28)15-2-1-3-16(22)18(15)23;21-15-5-1-3-13(17(15)23)20(28)26-12-7-9-27(10-8-12)19-14-4-2-6-16(22)18(14)24-11-25-19/h1-5,10-11,13H,6-9H2,(H,26,28);1-6,11-12H,7-10H2,(H,26,28). The number of hydrogen-bond donors (Lipinski definition) is 2. The number of nitrogens with one attached hydrogen (secondary N) is 2. The number of piperidine rings is 2. The smallest absolute Gasteiger partial charge is 0.253 e. The van der Waals surface area contributed by atoms with Gasteiger partial charge in [0.25, 0.3) is 11.8 Å². The highest BCUT2D eigenvalue weighted by Gasteiger charge is 2.26. The molecule has 0 saturated carbocycles. The van der Waals surface area contributed by atoms with Crippen LogP contribution in [0.25, 0.3) is 21.8 Å². The Bertz CT molecular complexity index is 2410. The topological polar surface area (TPSA) is 116 Å². The lowest BCUT2D eigenvalue weighted by Gasteiger charge is -2.33. The Morgan fingerprint density at radius 3 is 1.62 bits per heavy atom. The number of para-hydroxylation sites is 1. The van der Waals surface area contributed by atoms with Crippen LogP contribution in [0, 0.1) is 0 Å². The predicted octanol–water partition coefficient (Wildman–Crippen LogP) is 10.1. The zero-order valence-electron chi connectivity index (χ0n) is 29.7. The van der Waals surface area contributed by atoms with Crippen molar-refractivity contribution in [3.05, 3.63) is 126 Å². The number of carbonyl (C=O) groups is 2. The summed E-state index contributed by atoms with van der Waals surface area (Å²) in [5, 5.41) is 10.0. The molecule has 0 atom stereocenters. The number of halogens is 6. The first-order valence-corrected chi connectivity index (χ1v) is 20.5. The van der Waals surface area contributed by atoms with Crippen LogP contribution in [0.15, 0.2) is 89.9 Å². The van der Waals surface area contributed by atoms with Gasteiger partial charge in [-0.15, -0.1) is 0 Å². The van der Waals surface area contributed by atoms with Crippen molar-refractivity contribution < 1.29 is 9.59 Å². The summed E-state index contributed by atoms with van der Waals surface area (Å²) in [5.74, 6) is 1.41. The minimum atomic E-state index is -0.204. The fraction of sp³-hybridized carbons (Fsp3) is 0.250. The Labute approximate surface area is 357 Å². The highest BCUT2D eigenvalue weighted by Crippen LogP contribution is 2.31. The highest BCUT2D eigenvalue weighted by atomic mass is 79.9. The van der Waals surface area contributed by atoms with Gasteiger partial charge in [-0.05, 0) is 80.3 Å². The highest BCUT2D eigenvalue weighted by molar-refractivity contribution is 9.10. The minimum Gasteiger partial charge on any atom is -0.356 e. The van der Waals surface area contributed by atoms with Gasteiger partial charge in [0.1, 0.15) is 24.3 Å². The molecule has 10 nitrogen and oxygen atoms in total. The maximum Gasteiger partial charge on any atom is 0.253 e. The van der Waals surface area contributed by atoms with E-state index >= 15 is 0 Å². The van der Waals surface area contributed by atoms with Gasteiger partial charge in [0.2, 0.25) is 0 Å². The monoisotopic (exact) mass is 912 g/mol. The van der Waals surface area contributed by atoms with Crippen LogP contribution < -0.4 is 20.4 Å². The van der Waals surface area contributed by atoms with Crippen LogP contribution in [0.1, 0.15) is 46.4 Å². The van der Waals surface area contributed by atoms with Crippen molar-refractivity contribution >= 4 is 119 Å². The largest absolute Gasteiger partial charge is 0.356 e. The van der Waals surface area contributed by atoms with Gasteiger partial charge < -0.3 is 20.4 Å². The summed E-state index contributed by atoms with van der Waals surface area (Å²) in [5.41, 5.74) is 2.46. The van der Waals surface area contributed by atoms with Crippen LogP contribution in [0.3, 0.4) is 0 Å². The lowest BCUT2D eigenvalue weighted by atomic mass is 10.0. The first kappa shape index (κ1) is 40.2. The predicted molar refractivity (Wildman–Crippen MR) is 230 cm³/mol. The molecule has 2 aromatic heterocycles. The molecule has 0 spiro atoms. The van der Waals surface area contributed by atoms with Gasteiger partial charge in [-0.2, -0.15) is 0 Å². The molecule has 8 rings (SSSR count). The third-order valence-electron chi connectivity index (χ3n) is 9.82. The second-order valence-electron chi connectivity index (χ2n) is 13.4. The Morgan fingerprint density at radius 2 is 1.07 bits per heavy atom. The molecule has 0 unspecified atom stereocenters. The second-order valence-corrected chi connectivity index (χ2v) is 16.3. The Balaban J connectivity index is 0.000000172. The summed E-state index contributed by atoms with van der Waals surface area (Å²) in [6, 6.07) is 22.0. The van der Waals surface area contributed by atoms with Gasteiger partial charge in [-0.25, -0.2) is 19.9 Å². The van der Waals surface area contributed by atoms with Crippen LogP contribution in [-0.2, 0) is 0 Å². The SMILES string of the molecule is O=C(NC1CCN(c2ncnc3c(Cl)cccc23)CC1)c1cccc(Cl)c1Cl.O=C(NC1CCN(c2ncnc3cc(Br)ccc23)CC1)c1cccc(Cl)c1Cl. The second kappa shape index (κ2) is 18.1. The molecular weight excluding hydrogens is 882 g/mol. The van der Waals surface area contributed by atoms with Gasteiger partial charge in [-0.1, -0.05) is 92.1 Å². The Morgan fingerprint density at radius 1 is 0.589 bits per heavy atom. The molecule has 16 heteroatoms. The number of aromatic nitrogens is 4. The molecule has 4 heterocycles. The van der Waals surface area contributed by atoms with Crippen molar-refractivity contribution in [1.29, 1.82) is 0 Å². The summed E-state index contributed by atoms with van der Waals surface area (Å²) in [6.07, 6.45) is 6.39. The summed E-state index contributed by atoms with van der Waals surface area (Å²) >= 11 is 34.1. The summed E-state index contributed by atoms with van der Waals surface area (Å²) in [7, 11) is 0. The van der Waals surface area contributed by atoms with Crippen LogP contribution in [0.2, 0.25) is 25.1 Å². The lowest BCUT2D eigenvalue weighted by molar-refractivity contribution is 0.0922. The first-order chi connectivity index (χ1) is 27.1. The fourth-order valence-corrected chi connectivity index (χ4v) is 8.26. The minimum absolute atomic E-state index is 0.0653. The third kappa shape index (κ3) is 9.09. The molecule has 0 bridgehead atoms. The van der Waals surface area contributed by atoms with E-state index in [0.717, 1.165) is 89.8 Å². The molecule has 2 aliphatic heterocycles. The molecule has 2 amide bonds. The van der Waals surface area contributed by atoms with E-state index in [1.54, 1.807) is 49.1 Å². The zero-order valence-corrected chi connectivity index (χ0v) is 35.0. The van der Waals surface area contributed by atoms with E-state index in [2.05, 4.69) is 56.3 Å². The third-order valence-corrected chi connectivity index (χ3v) is 12.3. The van der Waals surface area contributed by atoms with Gasteiger partial charge in [0.05, 0.1) is 47.3 Å². The number of carbonyl (C=O) groups excluding carboxylic acids is 2. The summed E-state index contributed by atoms with van der Waals surface area (Å²) in [4.78, 5) is 47.1. The van der Waals surface area contributed by atoms with Gasteiger partial charge in [0.15, 0.2) is 0 Å². The maximum atomic E-state index is 12.6. The lowest BCUT2D eigenvalue weighted by Crippen LogP contribution is -2.45. The van der Waals surface area contributed by atoms with E-state index < -0.39 is 0 Å². The molecule has 0 radical (unpaired) electrons. The van der Waals surface area contributed by atoms with Crippen molar-refractivity contribution in [2.75, 3.05) is 36.0 Å². The average Bonchev–Trinajstić information content (AvgIpc) is 3.20. The number of fused-ring (bicyclic) bond motifs is 2. The molecule has 2 aliphatic rings. The van der Waals surface area contributed by atoms with Crippen LogP contribution >= 0.6 is 73.9 Å². The van der Waals surface area contributed by atoms with Crippen LogP contribution in [0.5, 0.6) is 0 Å². The number of hydrogen-bond acceptors (Lipinski definition) is 8. The van der Waals surface area contributed by atoms with Crippen LogP contribution in [0.4, 0.5) is 11.6 Å². The van der Waals surface area contributed by atoms with Crippen LogP contribution in [-0.4, -0.2) is 70.0 Å². The van der Waals surface area contributed by atoms with E-state index in [4.69, 9.17) is 58.0 Å². The molecule has 4 aromatic carbocycles. The number of anilines is 2. The van der Waals surface area contributed by atoms with E-state index in [1.807, 2.05) is 36.4 Å². The number of nitrogens with zero attached hydrogens (tertiary/aromatic N) is 6. The van der Waals surface area contributed by atoms with Crippen molar-refractivity contribution in [2.24, 2.45) is 0 Å². The van der Waals surface area contributed by atoms with E-state index in [1.165, 1.54) is 0 Å². The van der Waals surface area contributed by atoms with Crippen molar-refractivity contribution in [3.63, 3.8) is 0 Å². The van der Waals surface area contributed by atoms with Gasteiger partial charge in [0, 0.05) is 53.5 Å². The Hall–Kier alpha value is -3.97. The summed E-state index contributed by atoms with van der Waals surface area (Å²) in [6.45, 7) is 3.15. The molecule has 288 valence electrons. The van der Waals surface area contributed by atoms with E-state index in [0.29, 0.717) is 26.2 Å². The maximum absolute atomic E-state index is 12.6. The quantitative estimate of drug-likeness (QED) is 0.170. The number of benzene rings is 4. The molecule has 2 fully saturated rings.